The van der Waals surface area contributed by atoms with Crippen LogP contribution in [-0.4, -0.2) is 27.9 Å². The number of sulfone groups is 1. The molecule has 2 heterocycles. The molecular weight excluding hydrogens is 396 g/mol. The maximum absolute atomic E-state index is 13.4. The largest absolute Gasteiger partial charge is 0.312 e. The third kappa shape index (κ3) is 3.50. The molecule has 5 rings (SSSR count). The molecule has 1 aliphatic carbocycles. The van der Waals surface area contributed by atoms with E-state index in [1.807, 2.05) is 65.2 Å². The summed E-state index contributed by atoms with van der Waals surface area (Å²) in [6.07, 6.45) is 6.18. The van der Waals surface area contributed by atoms with Crippen molar-refractivity contribution >= 4 is 21.0 Å². The average molecular weight is 419 g/mol. The zero-order chi connectivity index (χ0) is 20.6. The molecule has 0 N–H and O–H groups in total. The fraction of sp³-hybridized carbons (Fsp3) is 0.261. The lowest BCUT2D eigenvalue weighted by Crippen LogP contribution is -2.11. The first-order chi connectivity index (χ1) is 14.6. The summed E-state index contributed by atoms with van der Waals surface area (Å²) in [4.78, 5) is 13.7. The molecule has 0 saturated heterocycles. The molecule has 0 spiro atoms. The van der Waals surface area contributed by atoms with E-state index < -0.39 is 9.84 Å². The van der Waals surface area contributed by atoms with Crippen LogP contribution in [0.4, 0.5) is 0 Å². The summed E-state index contributed by atoms with van der Waals surface area (Å²) >= 11 is 0. The lowest BCUT2D eigenvalue weighted by molar-refractivity contribution is 0.529. The van der Waals surface area contributed by atoms with Gasteiger partial charge in [0.2, 0.25) is 9.84 Å². The highest BCUT2D eigenvalue weighted by Gasteiger charge is 2.27. The van der Waals surface area contributed by atoms with E-state index in [0.29, 0.717) is 23.0 Å². The molecule has 2 aromatic heterocycles. The normalized spacial score (nSPS) is 15.1. The summed E-state index contributed by atoms with van der Waals surface area (Å²) < 4.78 is 28.8. The highest BCUT2D eigenvalue weighted by molar-refractivity contribution is 7.90. The quantitative estimate of drug-likeness (QED) is 0.443. The molecule has 4 aromatic rings. The van der Waals surface area contributed by atoms with Gasteiger partial charge in [0.15, 0.2) is 16.5 Å². The molecule has 0 atom stereocenters. The van der Waals surface area contributed by atoms with Crippen LogP contribution in [0.3, 0.4) is 0 Å². The van der Waals surface area contributed by atoms with E-state index in [9.17, 15) is 8.42 Å². The van der Waals surface area contributed by atoms with Gasteiger partial charge in [0.1, 0.15) is 5.52 Å². The second kappa shape index (κ2) is 7.65. The van der Waals surface area contributed by atoms with Crippen molar-refractivity contribution in [2.75, 3.05) is 0 Å². The average Bonchev–Trinajstić information content (AvgIpc) is 3.43. The van der Waals surface area contributed by atoms with E-state index in [-0.39, 0.29) is 10.8 Å². The first kappa shape index (κ1) is 18.9. The molecule has 7 heteroatoms. The molecule has 0 unspecified atom stereocenters. The molecule has 152 valence electrons. The molecule has 1 fully saturated rings. The Morgan fingerprint density at radius 3 is 2.27 bits per heavy atom. The van der Waals surface area contributed by atoms with Crippen LogP contribution in [0.25, 0.3) is 22.6 Å². The van der Waals surface area contributed by atoms with Crippen molar-refractivity contribution in [3.63, 3.8) is 0 Å². The Labute approximate surface area is 175 Å². The molecule has 1 aliphatic rings. The van der Waals surface area contributed by atoms with Crippen molar-refractivity contribution in [3.8, 4) is 11.4 Å². The Morgan fingerprint density at radius 2 is 1.57 bits per heavy atom. The van der Waals surface area contributed by atoms with Gasteiger partial charge in [0.05, 0.1) is 12.1 Å². The van der Waals surface area contributed by atoms with Crippen molar-refractivity contribution < 1.29 is 8.42 Å². The van der Waals surface area contributed by atoms with Gasteiger partial charge in [0, 0.05) is 11.6 Å². The lowest BCUT2D eigenvalue weighted by Gasteiger charge is -2.13. The van der Waals surface area contributed by atoms with Crippen LogP contribution >= 0.6 is 0 Å². The van der Waals surface area contributed by atoms with Crippen LogP contribution in [0, 0.1) is 0 Å². The second-order valence-corrected chi connectivity index (χ2v) is 9.63. The third-order valence-corrected chi connectivity index (χ3v) is 7.22. The number of rotatable bonds is 5. The van der Waals surface area contributed by atoms with Crippen LogP contribution in [0.5, 0.6) is 0 Å². The van der Waals surface area contributed by atoms with Gasteiger partial charge < -0.3 is 4.57 Å². The standard InChI is InChI=1S/C23H22N4O2S/c28-30(29,15-17-9-3-1-4-10-17)23-20-22(27(16-24-20)19-13-7-8-14-19)25-21(26-23)18-11-5-2-6-12-18/h1-6,9-12,16,19H,7-8,13-15H2. The van der Waals surface area contributed by atoms with Crippen molar-refractivity contribution in [1.29, 1.82) is 0 Å². The topological polar surface area (TPSA) is 77.7 Å². The highest BCUT2D eigenvalue weighted by Crippen LogP contribution is 2.33. The Hall–Kier alpha value is -3.06. The number of aromatic nitrogens is 4. The summed E-state index contributed by atoms with van der Waals surface area (Å²) in [6, 6.07) is 19.0. The first-order valence-corrected chi connectivity index (χ1v) is 11.8. The van der Waals surface area contributed by atoms with E-state index in [1.165, 1.54) is 12.8 Å². The summed E-state index contributed by atoms with van der Waals surface area (Å²) in [5.41, 5.74) is 2.47. The van der Waals surface area contributed by atoms with Crippen LogP contribution < -0.4 is 0 Å². The number of hydrogen-bond acceptors (Lipinski definition) is 5. The van der Waals surface area contributed by atoms with Gasteiger partial charge in [-0.15, -0.1) is 0 Å². The minimum Gasteiger partial charge on any atom is -0.312 e. The van der Waals surface area contributed by atoms with Gasteiger partial charge in [0.25, 0.3) is 0 Å². The van der Waals surface area contributed by atoms with Crippen molar-refractivity contribution in [3.05, 3.63) is 72.6 Å². The molecule has 0 bridgehead atoms. The maximum Gasteiger partial charge on any atom is 0.202 e. The van der Waals surface area contributed by atoms with Gasteiger partial charge in [-0.2, -0.15) is 0 Å². The number of nitrogens with zero attached hydrogens (tertiary/aromatic N) is 4. The van der Waals surface area contributed by atoms with Gasteiger partial charge in [-0.25, -0.2) is 23.4 Å². The molecule has 0 radical (unpaired) electrons. The zero-order valence-electron chi connectivity index (χ0n) is 16.5. The van der Waals surface area contributed by atoms with E-state index >= 15 is 0 Å². The maximum atomic E-state index is 13.4. The van der Waals surface area contributed by atoms with Crippen molar-refractivity contribution in [2.24, 2.45) is 0 Å². The fourth-order valence-corrected chi connectivity index (χ4v) is 5.57. The summed E-state index contributed by atoms with van der Waals surface area (Å²) in [5, 5.41) is 0.00644. The van der Waals surface area contributed by atoms with Crippen LogP contribution in [-0.2, 0) is 15.6 Å². The number of fused-ring (bicyclic) bond motifs is 1. The van der Waals surface area contributed by atoms with Gasteiger partial charge in [-0.1, -0.05) is 73.5 Å². The fourth-order valence-electron chi connectivity index (χ4n) is 4.14. The molecule has 0 aliphatic heterocycles. The second-order valence-electron chi connectivity index (χ2n) is 7.73. The molecule has 6 nitrogen and oxygen atoms in total. The van der Waals surface area contributed by atoms with Crippen LogP contribution in [0.1, 0.15) is 37.3 Å². The summed E-state index contributed by atoms with van der Waals surface area (Å²) in [7, 11) is -3.71. The summed E-state index contributed by atoms with van der Waals surface area (Å²) in [6.45, 7) is 0. The predicted molar refractivity (Wildman–Crippen MR) is 116 cm³/mol. The number of imidazole rings is 1. The van der Waals surface area contributed by atoms with Crippen molar-refractivity contribution in [2.45, 2.75) is 42.5 Å². The molecule has 1 saturated carbocycles. The van der Waals surface area contributed by atoms with Crippen LogP contribution in [0.2, 0.25) is 0 Å². The lowest BCUT2D eigenvalue weighted by atomic mass is 10.2. The SMILES string of the molecule is O=S(=O)(Cc1ccccc1)c1nc(-c2ccccc2)nc2c1ncn2C1CCCC1. The van der Waals surface area contributed by atoms with Gasteiger partial charge in [-0.3, -0.25) is 0 Å². The van der Waals surface area contributed by atoms with Crippen molar-refractivity contribution in [1.82, 2.24) is 19.5 Å². The smallest absolute Gasteiger partial charge is 0.202 e. The number of benzene rings is 2. The first-order valence-electron chi connectivity index (χ1n) is 10.2. The Morgan fingerprint density at radius 1 is 0.900 bits per heavy atom. The molecule has 0 amide bonds. The zero-order valence-corrected chi connectivity index (χ0v) is 17.3. The van der Waals surface area contributed by atoms with Crippen LogP contribution in [0.15, 0.2) is 72.0 Å². The van der Waals surface area contributed by atoms with Gasteiger partial charge >= 0.3 is 0 Å². The minimum atomic E-state index is -3.71. The third-order valence-electron chi connectivity index (χ3n) is 5.63. The minimum absolute atomic E-state index is 0.00644. The molecular formula is C23H22N4O2S. The molecule has 30 heavy (non-hydrogen) atoms. The highest BCUT2D eigenvalue weighted by atomic mass is 32.2. The monoisotopic (exact) mass is 418 g/mol. The Balaban J connectivity index is 1.70. The van der Waals surface area contributed by atoms with E-state index in [2.05, 4.69) is 9.97 Å². The number of hydrogen-bond donors (Lipinski definition) is 0. The predicted octanol–water partition coefficient (Wildman–Crippen LogP) is 4.58. The van der Waals surface area contributed by atoms with E-state index in [4.69, 9.17) is 4.98 Å². The van der Waals surface area contributed by atoms with E-state index in [1.54, 1.807) is 6.33 Å². The van der Waals surface area contributed by atoms with Gasteiger partial charge in [-0.05, 0) is 18.4 Å². The summed E-state index contributed by atoms with van der Waals surface area (Å²) in [5.74, 6) is 0.291. The Bertz CT molecular complexity index is 1280. The molecule has 2 aromatic carbocycles. The Kier molecular flexibility index (Phi) is 4.83. The van der Waals surface area contributed by atoms with E-state index in [0.717, 1.165) is 24.0 Å².